The Morgan fingerprint density at radius 3 is 1.79 bits per heavy atom. The minimum atomic E-state index is -2.47. The number of esters is 1. The first-order chi connectivity index (χ1) is 15.6. The third-order valence-corrected chi connectivity index (χ3v) is 21.9. The van der Waals surface area contributed by atoms with Crippen molar-refractivity contribution < 1.29 is 19.1 Å². The van der Waals surface area contributed by atoms with E-state index in [1.807, 2.05) is 0 Å². The van der Waals surface area contributed by atoms with E-state index in [0.717, 1.165) is 5.56 Å². The Hall–Kier alpha value is -1.24. The van der Waals surface area contributed by atoms with Crippen LogP contribution >= 0.6 is 0 Å². The van der Waals surface area contributed by atoms with Gasteiger partial charge in [-0.15, -0.1) is 0 Å². The van der Waals surface area contributed by atoms with Crippen LogP contribution < -0.4 is 8.90 Å². The van der Waals surface area contributed by atoms with Crippen molar-refractivity contribution in [1.82, 2.24) is 5.32 Å². The molecule has 0 heterocycles. The van der Waals surface area contributed by atoms with E-state index in [2.05, 4.69) is 50.4 Å². The summed E-state index contributed by atoms with van der Waals surface area (Å²) in [4.78, 5) is 24.5. The van der Waals surface area contributed by atoms with Crippen LogP contribution in [0.2, 0.25) is 13.3 Å². The molecule has 0 saturated carbocycles. The molecule has 1 aromatic carbocycles. The number of ether oxygens (including phenoxy) is 2. The summed E-state index contributed by atoms with van der Waals surface area (Å²) < 4.78 is 16.1. The first-order valence-electron chi connectivity index (χ1n) is 12.8. The molecule has 0 saturated heterocycles. The van der Waals surface area contributed by atoms with Gasteiger partial charge in [0.15, 0.2) is 0 Å². The molecule has 188 valence electrons. The van der Waals surface area contributed by atoms with E-state index in [1.54, 1.807) is 24.4 Å². The molecule has 0 aliphatic heterocycles. The predicted molar refractivity (Wildman–Crippen MR) is 140 cm³/mol. The van der Waals surface area contributed by atoms with Gasteiger partial charge < -0.3 is 0 Å². The number of hydrogen-bond donors (Lipinski definition) is 1. The number of hydrogen-bond acceptors (Lipinski definition) is 4. The first-order valence-corrected chi connectivity index (χ1v) is 20.3. The number of carbonyl (C=O) groups is 2. The van der Waals surface area contributed by atoms with E-state index in [9.17, 15) is 9.59 Å². The summed E-state index contributed by atoms with van der Waals surface area (Å²) in [5.41, 5.74) is 0.393. The fourth-order valence-corrected chi connectivity index (χ4v) is 20.3. The van der Waals surface area contributed by atoms with Gasteiger partial charge in [-0.3, -0.25) is 0 Å². The van der Waals surface area contributed by atoms with Gasteiger partial charge in [-0.25, -0.2) is 0 Å². The van der Waals surface area contributed by atoms with Gasteiger partial charge in [0.1, 0.15) is 0 Å². The van der Waals surface area contributed by atoms with Gasteiger partial charge in [-0.1, -0.05) is 0 Å². The summed E-state index contributed by atoms with van der Waals surface area (Å²) in [5, 5.41) is 2.68. The Kier molecular flexibility index (Phi) is 13.4. The van der Waals surface area contributed by atoms with Crippen molar-refractivity contribution in [2.75, 3.05) is 7.11 Å². The molecule has 33 heavy (non-hydrogen) atoms. The zero-order valence-electron chi connectivity index (χ0n) is 22.1. The Labute approximate surface area is 206 Å². The molecule has 0 aliphatic rings. The molecule has 0 unspecified atom stereocenters. The predicted octanol–water partition coefficient (Wildman–Crippen LogP) is 6.35. The normalized spacial score (nSPS) is 12.8. The number of benzene rings is 1. The van der Waals surface area contributed by atoms with Crippen LogP contribution in [0, 0.1) is 0 Å². The number of unbranched alkanes of at least 4 members (excludes halogenated alkanes) is 3. The Morgan fingerprint density at radius 2 is 1.39 bits per heavy atom. The quantitative estimate of drug-likeness (QED) is 0.210. The average Bonchev–Trinajstić information content (AvgIpc) is 2.77. The molecule has 1 rings (SSSR count). The molecule has 1 atom stereocenters. The van der Waals surface area contributed by atoms with Crippen molar-refractivity contribution >= 4 is 34.0 Å². The summed E-state index contributed by atoms with van der Waals surface area (Å²) >= 11 is -2.47. The summed E-state index contributed by atoms with van der Waals surface area (Å²) in [5.74, 6) is -0.465. The van der Waals surface area contributed by atoms with Crippen LogP contribution in [-0.2, 0) is 20.7 Å². The van der Waals surface area contributed by atoms with Crippen molar-refractivity contribution in [3.63, 3.8) is 0 Å². The fourth-order valence-electron chi connectivity index (χ4n) is 4.37. The van der Waals surface area contributed by atoms with E-state index in [4.69, 9.17) is 9.47 Å². The van der Waals surface area contributed by atoms with E-state index >= 15 is 0 Å². The Bertz CT molecular complexity index is 690. The van der Waals surface area contributed by atoms with Gasteiger partial charge in [-0.2, -0.15) is 0 Å². The van der Waals surface area contributed by atoms with E-state index in [0.29, 0.717) is 6.42 Å². The zero-order valence-corrected chi connectivity index (χ0v) is 24.9. The van der Waals surface area contributed by atoms with Crippen LogP contribution in [0.4, 0.5) is 4.79 Å². The van der Waals surface area contributed by atoms with Gasteiger partial charge in [0.25, 0.3) is 0 Å². The summed E-state index contributed by atoms with van der Waals surface area (Å²) in [6, 6.07) is 8.18. The van der Waals surface area contributed by atoms with Crippen molar-refractivity contribution in [3.8, 4) is 0 Å². The van der Waals surface area contributed by atoms with Crippen molar-refractivity contribution in [2.24, 2.45) is 0 Å². The second kappa shape index (κ2) is 14.9. The first kappa shape index (κ1) is 29.8. The minimum absolute atomic E-state index is 0.383. The van der Waals surface area contributed by atoms with Gasteiger partial charge in [0.2, 0.25) is 0 Å². The van der Waals surface area contributed by atoms with Crippen LogP contribution in [0.25, 0.3) is 0 Å². The van der Waals surface area contributed by atoms with Crippen LogP contribution in [0.3, 0.4) is 0 Å². The molecule has 1 amide bonds. The Morgan fingerprint density at radius 1 is 0.909 bits per heavy atom. The third-order valence-electron chi connectivity index (χ3n) is 6.21. The summed E-state index contributed by atoms with van der Waals surface area (Å²) in [7, 11) is 1.34. The number of methoxy groups -OCH3 is 1. The summed E-state index contributed by atoms with van der Waals surface area (Å²) in [6.45, 7) is 12.3. The van der Waals surface area contributed by atoms with E-state index in [-0.39, 0.29) is 0 Å². The molecule has 6 heteroatoms. The molecule has 0 aromatic heterocycles. The summed E-state index contributed by atoms with van der Waals surface area (Å²) in [6.07, 6.45) is 7.53. The molecule has 1 N–H and O–H groups in total. The second-order valence-electron chi connectivity index (χ2n) is 10.2. The molecular weight excluding hydrogens is 521 g/mol. The number of rotatable bonds is 14. The van der Waals surface area contributed by atoms with Crippen LogP contribution in [0.1, 0.15) is 85.6 Å². The molecule has 5 nitrogen and oxygen atoms in total. The van der Waals surface area contributed by atoms with Gasteiger partial charge in [0, 0.05) is 0 Å². The zero-order chi connectivity index (χ0) is 24.9. The van der Waals surface area contributed by atoms with E-state index < -0.39 is 42.1 Å². The average molecular weight is 568 g/mol. The van der Waals surface area contributed by atoms with Gasteiger partial charge in [-0.05, 0) is 0 Å². The molecule has 0 bridgehead atoms. The molecule has 0 radical (unpaired) electrons. The number of amides is 1. The fraction of sp³-hybridized carbons (Fsp3) is 0.704. The van der Waals surface area contributed by atoms with Crippen molar-refractivity contribution in [2.45, 2.75) is 111 Å². The van der Waals surface area contributed by atoms with Gasteiger partial charge >= 0.3 is 207 Å². The number of carbonyl (C=O) groups excluding carboxylic acids is 2. The van der Waals surface area contributed by atoms with Gasteiger partial charge in [0.05, 0.1) is 0 Å². The monoisotopic (exact) mass is 569 g/mol. The van der Waals surface area contributed by atoms with Crippen LogP contribution in [-0.4, -0.2) is 49.2 Å². The SMILES string of the molecule is CCC[CH2][Sn]([CH2]CCC)([CH2]CCC)[c]1ccc(C[C@H](NC(=O)OC(C)(C)C)C(=O)OC)cc1. The standard InChI is InChI=1S/C15H20NO4.3C4H9.Sn/c1-15(2,3)20-14(18)16-12(13(17)19-4)10-11-8-6-5-7-9-11;3*1-3-4-2;/h6-9,12H,10H2,1-4H3,(H,16,18);3*1,3-4H2,2H3;/t12-;;;;/m0..../s1. The van der Waals surface area contributed by atoms with Crippen LogP contribution in [0.15, 0.2) is 24.3 Å². The molecule has 0 fully saturated rings. The Balaban J connectivity index is 3.09. The topological polar surface area (TPSA) is 64.6 Å². The molecule has 0 aliphatic carbocycles. The maximum atomic E-state index is 12.3. The molecule has 0 spiro atoms. The van der Waals surface area contributed by atoms with Crippen molar-refractivity contribution in [1.29, 1.82) is 0 Å². The number of alkyl carbamates (subject to hydrolysis) is 1. The van der Waals surface area contributed by atoms with Crippen molar-refractivity contribution in [3.05, 3.63) is 29.8 Å². The molecule has 1 aromatic rings. The number of nitrogens with one attached hydrogen (secondary N) is 1. The maximum absolute atomic E-state index is 12.3. The second-order valence-corrected chi connectivity index (χ2v) is 23.5. The molecular formula is C27H47NO4Sn. The van der Waals surface area contributed by atoms with Crippen LogP contribution in [0.5, 0.6) is 0 Å². The third kappa shape index (κ3) is 10.7. The van der Waals surface area contributed by atoms with E-state index in [1.165, 1.54) is 58.9 Å².